The van der Waals surface area contributed by atoms with Crippen molar-refractivity contribution in [2.45, 2.75) is 19.3 Å². The van der Waals surface area contributed by atoms with E-state index in [0.717, 1.165) is 19.3 Å². The van der Waals surface area contributed by atoms with Crippen molar-refractivity contribution in [2.24, 2.45) is 0 Å². The van der Waals surface area contributed by atoms with E-state index in [2.05, 4.69) is 0 Å². The third-order valence-corrected chi connectivity index (χ3v) is 2.02. The Balaban J connectivity index is 2.31. The first-order chi connectivity index (χ1) is 7.24. The van der Waals surface area contributed by atoms with Crippen LogP contribution in [0.5, 0.6) is 5.75 Å². The van der Waals surface area contributed by atoms with Gasteiger partial charge in [-0.3, -0.25) is 0 Å². The number of benzene rings is 1. The first kappa shape index (κ1) is 11.8. The Labute approximate surface area is 88.7 Å². The predicted molar refractivity (Wildman–Crippen MR) is 57.2 cm³/mol. The Kier molecular flexibility index (Phi) is 4.90. The van der Waals surface area contributed by atoms with Gasteiger partial charge in [0.15, 0.2) is 11.6 Å². The number of rotatable bonds is 6. The van der Waals surface area contributed by atoms with E-state index in [-0.39, 0.29) is 12.4 Å². The highest BCUT2D eigenvalue weighted by Gasteiger charge is 2.02. The van der Waals surface area contributed by atoms with Crippen molar-refractivity contribution in [1.82, 2.24) is 0 Å². The van der Waals surface area contributed by atoms with Gasteiger partial charge in [-0.15, -0.1) is 0 Å². The highest BCUT2D eigenvalue weighted by molar-refractivity contribution is 5.42. The molecule has 0 saturated heterocycles. The minimum Gasteiger partial charge on any atom is -0.491 e. The van der Waals surface area contributed by atoms with E-state index in [9.17, 15) is 4.39 Å². The van der Waals surface area contributed by atoms with E-state index < -0.39 is 5.82 Å². The first-order valence-corrected chi connectivity index (χ1v) is 5.02. The highest BCUT2D eigenvalue weighted by Crippen LogP contribution is 2.19. The SMILES string of the molecule is Nc1ccc(OCCCCCO)c(F)c1. The molecule has 0 amide bonds. The lowest BCUT2D eigenvalue weighted by Gasteiger charge is -2.07. The van der Waals surface area contributed by atoms with Crippen molar-refractivity contribution >= 4 is 5.69 Å². The molecule has 0 unspecified atom stereocenters. The van der Waals surface area contributed by atoms with Gasteiger partial charge in [0, 0.05) is 18.4 Å². The van der Waals surface area contributed by atoms with Crippen LogP contribution in [0.4, 0.5) is 10.1 Å². The third kappa shape index (κ3) is 4.16. The zero-order valence-electron chi connectivity index (χ0n) is 8.58. The second-order valence-electron chi connectivity index (χ2n) is 3.32. The summed E-state index contributed by atoms with van der Waals surface area (Å²) < 4.78 is 18.4. The fourth-order valence-electron chi connectivity index (χ4n) is 1.21. The van der Waals surface area contributed by atoms with E-state index in [1.165, 1.54) is 12.1 Å². The van der Waals surface area contributed by atoms with E-state index in [1.54, 1.807) is 6.07 Å². The van der Waals surface area contributed by atoms with Crippen LogP contribution in [0.25, 0.3) is 0 Å². The summed E-state index contributed by atoms with van der Waals surface area (Å²) in [7, 11) is 0. The van der Waals surface area contributed by atoms with Crippen LogP contribution in [-0.4, -0.2) is 18.3 Å². The molecule has 15 heavy (non-hydrogen) atoms. The molecule has 0 heterocycles. The van der Waals surface area contributed by atoms with Crippen LogP contribution in [-0.2, 0) is 0 Å². The molecule has 0 aliphatic rings. The Morgan fingerprint density at radius 3 is 2.73 bits per heavy atom. The van der Waals surface area contributed by atoms with Crippen LogP contribution < -0.4 is 10.5 Å². The van der Waals surface area contributed by atoms with Gasteiger partial charge in [-0.2, -0.15) is 0 Å². The Morgan fingerprint density at radius 1 is 1.27 bits per heavy atom. The summed E-state index contributed by atoms with van der Waals surface area (Å²) in [6, 6.07) is 4.37. The number of nitrogens with two attached hydrogens (primary N) is 1. The van der Waals surface area contributed by atoms with Crippen LogP contribution in [0.1, 0.15) is 19.3 Å². The molecule has 1 rings (SSSR count). The van der Waals surface area contributed by atoms with Gasteiger partial charge in [-0.1, -0.05) is 0 Å². The fraction of sp³-hybridized carbons (Fsp3) is 0.455. The van der Waals surface area contributed by atoms with Crippen molar-refractivity contribution in [1.29, 1.82) is 0 Å². The van der Waals surface area contributed by atoms with Crippen LogP contribution in [0.2, 0.25) is 0 Å². The second kappa shape index (κ2) is 6.24. The fourth-order valence-corrected chi connectivity index (χ4v) is 1.21. The lowest BCUT2D eigenvalue weighted by atomic mass is 10.2. The van der Waals surface area contributed by atoms with Gasteiger partial charge in [0.2, 0.25) is 0 Å². The minimum absolute atomic E-state index is 0.191. The molecule has 1 aromatic carbocycles. The summed E-state index contributed by atoms with van der Waals surface area (Å²) in [5.74, 6) is -0.203. The quantitative estimate of drug-likeness (QED) is 0.561. The van der Waals surface area contributed by atoms with Crippen molar-refractivity contribution in [2.75, 3.05) is 18.9 Å². The minimum atomic E-state index is -0.433. The molecule has 84 valence electrons. The van der Waals surface area contributed by atoms with Crippen LogP contribution in [0.3, 0.4) is 0 Å². The normalized spacial score (nSPS) is 10.3. The lowest BCUT2D eigenvalue weighted by Crippen LogP contribution is -2.00. The van der Waals surface area contributed by atoms with Crippen LogP contribution >= 0.6 is 0 Å². The average molecular weight is 213 g/mol. The standard InChI is InChI=1S/C11H16FNO2/c12-10-8-9(13)4-5-11(10)15-7-3-1-2-6-14/h4-5,8,14H,1-3,6-7,13H2. The van der Waals surface area contributed by atoms with Gasteiger partial charge in [-0.05, 0) is 31.4 Å². The molecule has 0 aliphatic carbocycles. The lowest BCUT2D eigenvalue weighted by molar-refractivity contribution is 0.261. The molecule has 0 atom stereocenters. The number of ether oxygens (including phenoxy) is 1. The summed E-state index contributed by atoms with van der Waals surface area (Å²) in [6.45, 7) is 0.650. The number of hydrogen-bond donors (Lipinski definition) is 2. The number of nitrogen functional groups attached to an aromatic ring is 1. The highest BCUT2D eigenvalue weighted by atomic mass is 19.1. The summed E-state index contributed by atoms with van der Waals surface area (Å²) in [5.41, 5.74) is 5.79. The monoisotopic (exact) mass is 213 g/mol. The van der Waals surface area contributed by atoms with Gasteiger partial charge in [0.1, 0.15) is 0 Å². The molecule has 0 fully saturated rings. The zero-order valence-corrected chi connectivity index (χ0v) is 8.58. The number of unbranched alkanes of at least 4 members (excludes halogenated alkanes) is 2. The summed E-state index contributed by atoms with van der Waals surface area (Å²) in [6.07, 6.45) is 2.45. The molecule has 0 aliphatic heterocycles. The Bertz CT molecular complexity index is 305. The van der Waals surface area contributed by atoms with Gasteiger partial charge in [-0.25, -0.2) is 4.39 Å². The zero-order chi connectivity index (χ0) is 11.1. The largest absolute Gasteiger partial charge is 0.491 e. The summed E-state index contributed by atoms with van der Waals surface area (Å²) >= 11 is 0. The summed E-state index contributed by atoms with van der Waals surface area (Å²) in [4.78, 5) is 0. The molecule has 0 bridgehead atoms. The maximum atomic E-state index is 13.2. The molecular formula is C11H16FNO2. The molecule has 0 radical (unpaired) electrons. The maximum absolute atomic E-state index is 13.2. The molecular weight excluding hydrogens is 197 g/mol. The van der Waals surface area contributed by atoms with E-state index in [1.807, 2.05) is 0 Å². The smallest absolute Gasteiger partial charge is 0.167 e. The van der Waals surface area contributed by atoms with Crippen molar-refractivity contribution in [3.05, 3.63) is 24.0 Å². The van der Waals surface area contributed by atoms with E-state index in [0.29, 0.717) is 12.3 Å². The Morgan fingerprint density at radius 2 is 2.07 bits per heavy atom. The van der Waals surface area contributed by atoms with Crippen molar-refractivity contribution < 1.29 is 14.2 Å². The van der Waals surface area contributed by atoms with Gasteiger partial charge >= 0.3 is 0 Å². The number of aliphatic hydroxyl groups is 1. The second-order valence-corrected chi connectivity index (χ2v) is 3.32. The Hall–Kier alpha value is -1.29. The number of halogens is 1. The third-order valence-electron chi connectivity index (χ3n) is 2.02. The number of aliphatic hydroxyl groups excluding tert-OH is 1. The molecule has 3 N–H and O–H groups in total. The first-order valence-electron chi connectivity index (χ1n) is 5.02. The number of hydrogen-bond acceptors (Lipinski definition) is 3. The topological polar surface area (TPSA) is 55.5 Å². The van der Waals surface area contributed by atoms with E-state index in [4.69, 9.17) is 15.6 Å². The maximum Gasteiger partial charge on any atom is 0.167 e. The molecule has 1 aromatic rings. The van der Waals surface area contributed by atoms with E-state index >= 15 is 0 Å². The predicted octanol–water partition coefficient (Wildman–Crippen LogP) is 1.95. The van der Waals surface area contributed by atoms with Crippen LogP contribution in [0, 0.1) is 5.82 Å². The average Bonchev–Trinajstić information content (AvgIpc) is 2.20. The molecule has 0 saturated carbocycles. The van der Waals surface area contributed by atoms with Crippen LogP contribution in [0.15, 0.2) is 18.2 Å². The van der Waals surface area contributed by atoms with Crippen molar-refractivity contribution in [3.63, 3.8) is 0 Å². The molecule has 4 heteroatoms. The van der Waals surface area contributed by atoms with Gasteiger partial charge in [0.05, 0.1) is 6.61 Å². The summed E-state index contributed by atoms with van der Waals surface area (Å²) in [5, 5.41) is 8.54. The van der Waals surface area contributed by atoms with Crippen molar-refractivity contribution in [3.8, 4) is 5.75 Å². The molecule has 0 spiro atoms. The van der Waals surface area contributed by atoms with Gasteiger partial charge < -0.3 is 15.6 Å². The molecule has 3 nitrogen and oxygen atoms in total. The number of anilines is 1. The van der Waals surface area contributed by atoms with Gasteiger partial charge in [0.25, 0.3) is 0 Å². The molecule has 0 aromatic heterocycles.